The quantitative estimate of drug-likeness (QED) is 0.0261. The Morgan fingerprint density at radius 2 is 0.470 bits per heavy atom. The van der Waals surface area contributed by atoms with Gasteiger partial charge in [-0.2, -0.15) is 0 Å². The topological polar surface area (TPSA) is 78.9 Å². The second-order valence-corrected chi connectivity index (χ2v) is 22.0. The number of hydrogen-bond donors (Lipinski definition) is 0. The van der Waals surface area contributed by atoms with Gasteiger partial charge in [-0.3, -0.25) is 14.4 Å². The van der Waals surface area contributed by atoms with Gasteiger partial charge in [0.1, 0.15) is 13.2 Å². The van der Waals surface area contributed by atoms with Crippen molar-refractivity contribution in [3.63, 3.8) is 0 Å². The Kier molecular flexibility index (Phi) is 65.4. The van der Waals surface area contributed by atoms with Gasteiger partial charge in [0.15, 0.2) is 6.10 Å². The van der Waals surface area contributed by atoms with Crippen molar-refractivity contribution in [1.29, 1.82) is 0 Å². The molecule has 0 heterocycles. The number of rotatable bonds is 60. The molecule has 0 aliphatic heterocycles. The summed E-state index contributed by atoms with van der Waals surface area (Å²) in [7, 11) is 0. The molecule has 0 saturated carbocycles. The van der Waals surface area contributed by atoms with Gasteiger partial charge in [-0.15, -0.1) is 0 Å². The lowest BCUT2D eigenvalue weighted by Crippen LogP contribution is -2.30. The van der Waals surface area contributed by atoms with Crippen LogP contribution in [0.2, 0.25) is 0 Å². The van der Waals surface area contributed by atoms with Gasteiger partial charge < -0.3 is 14.2 Å². The van der Waals surface area contributed by atoms with Gasteiger partial charge in [0.2, 0.25) is 0 Å². The smallest absolute Gasteiger partial charge is 0.306 e. The minimum atomic E-state index is -0.806. The molecule has 0 saturated heterocycles. The number of carbonyl (C=O) groups excluding carboxylic acids is 3. The third-order valence-corrected chi connectivity index (χ3v) is 14.0. The average molecular weight is 1150 g/mol. The molecule has 0 spiro atoms. The lowest BCUT2D eigenvalue weighted by molar-refractivity contribution is -0.167. The summed E-state index contributed by atoms with van der Waals surface area (Å²) < 4.78 is 16.9. The lowest BCUT2D eigenvalue weighted by Gasteiger charge is -2.18. The predicted octanol–water partition coefficient (Wildman–Crippen LogP) is 23.7. The minimum Gasteiger partial charge on any atom is -0.462 e. The molecule has 468 valence electrons. The van der Waals surface area contributed by atoms with Crippen LogP contribution in [0.3, 0.4) is 0 Å². The number of carbonyl (C=O) groups is 3. The van der Waals surface area contributed by atoms with Crippen LogP contribution in [0.5, 0.6) is 0 Å². The van der Waals surface area contributed by atoms with E-state index in [2.05, 4.69) is 179 Å². The summed E-state index contributed by atoms with van der Waals surface area (Å²) in [5.74, 6) is -0.953. The largest absolute Gasteiger partial charge is 0.462 e. The number of esters is 3. The molecule has 0 fully saturated rings. The Labute approximate surface area is 511 Å². The maximum atomic E-state index is 12.9. The van der Waals surface area contributed by atoms with Crippen molar-refractivity contribution in [3.8, 4) is 0 Å². The van der Waals surface area contributed by atoms with Crippen molar-refractivity contribution in [1.82, 2.24) is 0 Å². The third-order valence-electron chi connectivity index (χ3n) is 14.0. The van der Waals surface area contributed by atoms with Crippen molar-refractivity contribution in [2.24, 2.45) is 0 Å². The van der Waals surface area contributed by atoms with Crippen LogP contribution in [0.15, 0.2) is 158 Å². The predicted molar refractivity (Wildman–Crippen MR) is 362 cm³/mol. The molecule has 0 aliphatic carbocycles. The number of allylic oxidation sites excluding steroid dienone is 26. The standard InChI is InChI=1S/C77H124O6/c1-4-7-10-13-16-19-22-25-27-29-30-31-32-33-34-35-36-37-38-39-40-41-42-43-44-45-46-48-49-52-55-58-61-64-67-70-76(79)82-73-74(72-81-75(78)69-66-63-60-57-54-51-24-21-18-15-12-9-6-3)83-77(80)71-68-65-62-59-56-53-50-47-28-26-23-20-17-14-11-8-5-2/h7,9-10,12,16,18-19,21,25,27,30-31,33-34,36-37,39-40,42-43,45-46,49,51-52,54,74H,4-6,8,11,13-15,17,20,22-24,26,28-29,32,35,38,41,44,47-48,50,53,55-73H2,1-3H3/b10-7-,12-9-,19-16-,21-18-,27-25-,31-30-,34-33-,37-36-,40-39-,43-42-,46-45-,52-49-,54-51-. The fraction of sp³-hybridized carbons (Fsp3) is 0.623. The second-order valence-electron chi connectivity index (χ2n) is 22.0. The van der Waals surface area contributed by atoms with E-state index in [1.54, 1.807) is 0 Å². The first-order chi connectivity index (χ1) is 41.0. The zero-order chi connectivity index (χ0) is 59.9. The summed E-state index contributed by atoms with van der Waals surface area (Å²) in [5, 5.41) is 0. The van der Waals surface area contributed by atoms with Crippen molar-refractivity contribution >= 4 is 17.9 Å². The number of hydrogen-bond acceptors (Lipinski definition) is 6. The van der Waals surface area contributed by atoms with Crippen LogP contribution in [0.4, 0.5) is 0 Å². The van der Waals surface area contributed by atoms with Crippen molar-refractivity contribution < 1.29 is 28.6 Å². The monoisotopic (exact) mass is 1140 g/mol. The van der Waals surface area contributed by atoms with Crippen LogP contribution in [0, 0.1) is 0 Å². The zero-order valence-electron chi connectivity index (χ0n) is 53.7. The Hall–Kier alpha value is -4.97. The van der Waals surface area contributed by atoms with Crippen LogP contribution in [-0.2, 0) is 28.6 Å². The fourth-order valence-electron chi connectivity index (χ4n) is 9.01. The summed E-state index contributed by atoms with van der Waals surface area (Å²) in [5.41, 5.74) is 0. The molecule has 0 N–H and O–H groups in total. The Balaban J connectivity index is 4.34. The molecule has 0 aromatic rings. The molecule has 0 aromatic carbocycles. The first-order valence-electron chi connectivity index (χ1n) is 34.0. The molecule has 83 heavy (non-hydrogen) atoms. The molecular formula is C77H124O6. The van der Waals surface area contributed by atoms with E-state index in [4.69, 9.17) is 14.2 Å². The molecule has 0 radical (unpaired) electrons. The van der Waals surface area contributed by atoms with E-state index in [-0.39, 0.29) is 31.1 Å². The maximum absolute atomic E-state index is 12.9. The lowest BCUT2D eigenvalue weighted by atomic mass is 10.0. The van der Waals surface area contributed by atoms with Gasteiger partial charge in [-0.05, 0) is 128 Å². The number of unbranched alkanes of at least 4 members (excludes halogenated alkanes) is 23. The van der Waals surface area contributed by atoms with Gasteiger partial charge >= 0.3 is 17.9 Å². The third kappa shape index (κ3) is 67.7. The van der Waals surface area contributed by atoms with Crippen molar-refractivity contribution in [2.45, 2.75) is 297 Å². The summed E-state index contributed by atoms with van der Waals surface area (Å²) in [4.78, 5) is 38.3. The highest BCUT2D eigenvalue weighted by Crippen LogP contribution is 2.16. The van der Waals surface area contributed by atoms with E-state index < -0.39 is 6.10 Å². The van der Waals surface area contributed by atoms with Crippen LogP contribution in [-0.4, -0.2) is 37.2 Å². The molecule has 0 aromatic heterocycles. The number of ether oxygens (including phenoxy) is 3. The second kappa shape index (κ2) is 69.5. The SMILES string of the molecule is CC/C=C\C/C=C\C/C=C\C/C=C\C/C=C\C/C=C\C/C=C\C/C=C\C/C=C\C/C=C\CCCCCCC(=O)OCC(COC(=O)CCCCC/C=C\C/C=C\C/C=C\CC)OC(=O)CCCCCCCCCCCCCCCCCCC. The molecule has 0 rings (SSSR count). The van der Waals surface area contributed by atoms with Crippen LogP contribution >= 0.6 is 0 Å². The van der Waals surface area contributed by atoms with Crippen LogP contribution in [0.25, 0.3) is 0 Å². The summed E-state index contributed by atoms with van der Waals surface area (Å²) in [6.07, 6.45) is 101. The Morgan fingerprint density at radius 3 is 0.747 bits per heavy atom. The molecule has 1 atom stereocenters. The van der Waals surface area contributed by atoms with Crippen LogP contribution < -0.4 is 0 Å². The highest BCUT2D eigenvalue weighted by molar-refractivity contribution is 5.71. The van der Waals surface area contributed by atoms with E-state index in [0.717, 1.165) is 161 Å². The van der Waals surface area contributed by atoms with E-state index in [1.165, 1.54) is 89.9 Å². The Morgan fingerprint density at radius 1 is 0.253 bits per heavy atom. The first kappa shape index (κ1) is 78.0. The molecule has 0 bridgehead atoms. The molecule has 0 aliphatic rings. The van der Waals surface area contributed by atoms with Gasteiger partial charge in [0, 0.05) is 19.3 Å². The van der Waals surface area contributed by atoms with E-state index in [1.807, 2.05) is 0 Å². The normalized spacial score (nSPS) is 13.1. The summed E-state index contributed by atoms with van der Waals surface area (Å²) in [6.45, 7) is 6.38. The van der Waals surface area contributed by atoms with Gasteiger partial charge in [-0.1, -0.05) is 301 Å². The first-order valence-corrected chi connectivity index (χ1v) is 34.0. The van der Waals surface area contributed by atoms with Crippen molar-refractivity contribution in [2.75, 3.05) is 13.2 Å². The molecule has 6 nitrogen and oxygen atoms in total. The molecule has 0 amide bonds. The minimum absolute atomic E-state index is 0.104. The zero-order valence-corrected chi connectivity index (χ0v) is 53.7. The molecule has 1 unspecified atom stereocenters. The van der Waals surface area contributed by atoms with Crippen molar-refractivity contribution in [3.05, 3.63) is 158 Å². The van der Waals surface area contributed by atoms with Gasteiger partial charge in [-0.25, -0.2) is 0 Å². The summed E-state index contributed by atoms with van der Waals surface area (Å²) >= 11 is 0. The maximum Gasteiger partial charge on any atom is 0.306 e. The van der Waals surface area contributed by atoms with E-state index in [9.17, 15) is 14.4 Å². The summed E-state index contributed by atoms with van der Waals surface area (Å²) in [6, 6.07) is 0. The van der Waals surface area contributed by atoms with Gasteiger partial charge in [0.05, 0.1) is 0 Å². The highest BCUT2D eigenvalue weighted by atomic mass is 16.6. The van der Waals surface area contributed by atoms with E-state index >= 15 is 0 Å². The molecule has 6 heteroatoms. The van der Waals surface area contributed by atoms with Gasteiger partial charge in [0.25, 0.3) is 0 Å². The average Bonchev–Trinajstić information content (AvgIpc) is 3.49. The highest BCUT2D eigenvalue weighted by Gasteiger charge is 2.19. The van der Waals surface area contributed by atoms with Crippen LogP contribution in [0.1, 0.15) is 290 Å². The fourth-order valence-corrected chi connectivity index (χ4v) is 9.01. The Bertz CT molecular complexity index is 1840. The molecular weight excluding hydrogens is 1020 g/mol. The van der Waals surface area contributed by atoms with E-state index in [0.29, 0.717) is 19.3 Å².